The van der Waals surface area contributed by atoms with Gasteiger partial charge in [-0.1, -0.05) is 0 Å². The second kappa shape index (κ2) is 6.87. The molecule has 3 aromatic rings. The Kier molecular flexibility index (Phi) is 4.47. The van der Waals surface area contributed by atoms with Gasteiger partial charge in [-0.3, -0.25) is 4.79 Å². The van der Waals surface area contributed by atoms with Gasteiger partial charge in [0.1, 0.15) is 17.5 Å². The van der Waals surface area contributed by atoms with E-state index in [1.54, 1.807) is 30.5 Å². The van der Waals surface area contributed by atoms with Crippen molar-refractivity contribution in [2.24, 2.45) is 0 Å². The van der Waals surface area contributed by atoms with Crippen molar-refractivity contribution in [2.45, 2.75) is 0 Å². The third kappa shape index (κ3) is 3.92. The average molecular weight is 325 g/mol. The van der Waals surface area contributed by atoms with Crippen LogP contribution < -0.4 is 10.6 Å². The van der Waals surface area contributed by atoms with Crippen molar-refractivity contribution >= 4 is 23.1 Å². The molecular formula is C18H13F2N3O. The topological polar surface area (TPSA) is 54.0 Å². The van der Waals surface area contributed by atoms with Gasteiger partial charge in [-0.15, -0.1) is 0 Å². The van der Waals surface area contributed by atoms with Crippen molar-refractivity contribution in [3.8, 4) is 0 Å². The van der Waals surface area contributed by atoms with E-state index in [0.29, 0.717) is 17.1 Å². The molecule has 0 aliphatic heterocycles. The fourth-order valence-electron chi connectivity index (χ4n) is 2.03. The Morgan fingerprint density at radius 2 is 1.38 bits per heavy atom. The number of amides is 1. The molecule has 2 aromatic carbocycles. The summed E-state index contributed by atoms with van der Waals surface area (Å²) in [5.74, 6) is -0.714. The van der Waals surface area contributed by atoms with Crippen LogP contribution in [0.25, 0.3) is 0 Å². The molecule has 0 radical (unpaired) electrons. The van der Waals surface area contributed by atoms with Gasteiger partial charge in [0.05, 0.1) is 11.9 Å². The highest BCUT2D eigenvalue weighted by atomic mass is 19.1. The Morgan fingerprint density at radius 1 is 0.792 bits per heavy atom. The molecule has 0 aliphatic carbocycles. The van der Waals surface area contributed by atoms with E-state index < -0.39 is 5.82 Å². The summed E-state index contributed by atoms with van der Waals surface area (Å²) in [5, 5.41) is 5.69. The number of hydrogen-bond acceptors (Lipinski definition) is 3. The van der Waals surface area contributed by atoms with Crippen LogP contribution in [0, 0.1) is 11.6 Å². The standard InChI is InChI=1S/C18H13F2N3O/c19-13-3-1-12(2-4-13)18(24)23-17-10-9-16(11-21-17)22-15-7-5-14(20)6-8-15/h1-11,22H,(H,21,23,24). The number of rotatable bonds is 4. The van der Waals surface area contributed by atoms with E-state index in [2.05, 4.69) is 15.6 Å². The Balaban J connectivity index is 1.64. The van der Waals surface area contributed by atoms with E-state index >= 15 is 0 Å². The van der Waals surface area contributed by atoms with Crippen molar-refractivity contribution < 1.29 is 13.6 Å². The number of anilines is 3. The third-order valence-corrected chi connectivity index (χ3v) is 3.24. The molecule has 1 heterocycles. The van der Waals surface area contributed by atoms with Crippen LogP contribution in [0.4, 0.5) is 26.0 Å². The van der Waals surface area contributed by atoms with Crippen LogP contribution in [0.2, 0.25) is 0 Å². The number of pyridine rings is 1. The van der Waals surface area contributed by atoms with Crippen molar-refractivity contribution in [3.05, 3.63) is 84.1 Å². The maximum absolute atomic E-state index is 12.9. The summed E-state index contributed by atoms with van der Waals surface area (Å²) in [6, 6.07) is 14.5. The van der Waals surface area contributed by atoms with Crippen LogP contribution in [-0.4, -0.2) is 10.9 Å². The fraction of sp³-hybridized carbons (Fsp3) is 0. The minimum atomic E-state index is -0.402. The van der Waals surface area contributed by atoms with E-state index in [1.165, 1.54) is 36.4 Å². The van der Waals surface area contributed by atoms with Crippen molar-refractivity contribution in [3.63, 3.8) is 0 Å². The monoisotopic (exact) mass is 325 g/mol. The van der Waals surface area contributed by atoms with Gasteiger partial charge in [0.2, 0.25) is 0 Å². The summed E-state index contributed by atoms with van der Waals surface area (Å²) in [5.41, 5.74) is 1.76. The first-order chi connectivity index (χ1) is 11.6. The number of halogens is 2. The van der Waals surface area contributed by atoms with Crippen LogP contribution in [0.15, 0.2) is 66.9 Å². The molecule has 0 saturated carbocycles. The predicted octanol–water partition coefficient (Wildman–Crippen LogP) is 4.36. The first kappa shape index (κ1) is 15.6. The van der Waals surface area contributed by atoms with E-state index in [9.17, 15) is 13.6 Å². The number of nitrogens with one attached hydrogen (secondary N) is 2. The maximum Gasteiger partial charge on any atom is 0.256 e. The number of carbonyl (C=O) groups is 1. The number of aromatic nitrogens is 1. The van der Waals surface area contributed by atoms with Gasteiger partial charge in [-0.2, -0.15) is 0 Å². The molecule has 0 spiro atoms. The highest BCUT2D eigenvalue weighted by Crippen LogP contribution is 2.17. The first-order valence-electron chi connectivity index (χ1n) is 7.16. The van der Waals surface area contributed by atoms with Gasteiger partial charge < -0.3 is 10.6 Å². The van der Waals surface area contributed by atoms with Crippen LogP contribution in [0.5, 0.6) is 0 Å². The lowest BCUT2D eigenvalue weighted by Gasteiger charge is -2.08. The van der Waals surface area contributed by atoms with Crippen LogP contribution in [0.1, 0.15) is 10.4 Å². The van der Waals surface area contributed by atoms with Gasteiger partial charge >= 0.3 is 0 Å². The molecule has 4 nitrogen and oxygen atoms in total. The smallest absolute Gasteiger partial charge is 0.256 e. The molecule has 24 heavy (non-hydrogen) atoms. The summed E-state index contributed by atoms with van der Waals surface area (Å²) in [6.45, 7) is 0. The number of hydrogen-bond donors (Lipinski definition) is 2. The summed E-state index contributed by atoms with van der Waals surface area (Å²) in [4.78, 5) is 16.1. The molecule has 3 rings (SSSR count). The van der Waals surface area contributed by atoms with E-state index in [4.69, 9.17) is 0 Å². The van der Waals surface area contributed by atoms with Gasteiger partial charge in [-0.05, 0) is 60.7 Å². The number of nitrogens with zero attached hydrogens (tertiary/aromatic N) is 1. The molecule has 0 saturated heterocycles. The molecule has 1 aromatic heterocycles. The molecule has 0 atom stereocenters. The molecule has 0 aliphatic rings. The lowest BCUT2D eigenvalue weighted by atomic mass is 10.2. The van der Waals surface area contributed by atoms with Crippen LogP contribution >= 0.6 is 0 Å². The molecule has 2 N–H and O–H groups in total. The van der Waals surface area contributed by atoms with Gasteiger partial charge in [0.25, 0.3) is 5.91 Å². The highest BCUT2D eigenvalue weighted by Gasteiger charge is 2.07. The molecule has 0 bridgehead atoms. The zero-order valence-electron chi connectivity index (χ0n) is 12.5. The lowest BCUT2D eigenvalue weighted by molar-refractivity contribution is 0.102. The third-order valence-electron chi connectivity index (χ3n) is 3.24. The molecule has 6 heteroatoms. The second-order valence-electron chi connectivity index (χ2n) is 5.03. The molecular weight excluding hydrogens is 312 g/mol. The van der Waals surface area contributed by atoms with Crippen LogP contribution in [0.3, 0.4) is 0 Å². The minimum absolute atomic E-state index is 0.308. The highest BCUT2D eigenvalue weighted by molar-refractivity contribution is 6.03. The molecule has 0 unspecified atom stereocenters. The number of benzene rings is 2. The van der Waals surface area contributed by atoms with E-state index in [0.717, 1.165) is 5.69 Å². The lowest BCUT2D eigenvalue weighted by Crippen LogP contribution is -2.12. The quantitative estimate of drug-likeness (QED) is 0.749. The van der Waals surface area contributed by atoms with Crippen molar-refractivity contribution in [2.75, 3.05) is 10.6 Å². The van der Waals surface area contributed by atoms with Crippen molar-refractivity contribution in [1.82, 2.24) is 4.98 Å². The predicted molar refractivity (Wildman–Crippen MR) is 88.3 cm³/mol. The second-order valence-corrected chi connectivity index (χ2v) is 5.03. The summed E-state index contributed by atoms with van der Waals surface area (Å²) in [7, 11) is 0. The van der Waals surface area contributed by atoms with Gasteiger partial charge in [0.15, 0.2) is 0 Å². The Bertz CT molecular complexity index is 832. The Morgan fingerprint density at radius 3 is 1.96 bits per heavy atom. The summed E-state index contributed by atoms with van der Waals surface area (Å²) in [6.07, 6.45) is 1.55. The average Bonchev–Trinajstić information content (AvgIpc) is 2.59. The fourth-order valence-corrected chi connectivity index (χ4v) is 2.03. The molecule has 0 fully saturated rings. The maximum atomic E-state index is 12.9. The zero-order valence-corrected chi connectivity index (χ0v) is 12.5. The Hall–Kier alpha value is -3.28. The zero-order chi connectivity index (χ0) is 16.9. The number of carbonyl (C=O) groups excluding carboxylic acids is 1. The van der Waals surface area contributed by atoms with Crippen LogP contribution in [-0.2, 0) is 0 Å². The summed E-state index contributed by atoms with van der Waals surface area (Å²) < 4.78 is 25.7. The Labute approximate surface area is 137 Å². The first-order valence-corrected chi connectivity index (χ1v) is 7.16. The van der Waals surface area contributed by atoms with Gasteiger partial charge in [-0.25, -0.2) is 13.8 Å². The minimum Gasteiger partial charge on any atom is -0.354 e. The molecule has 120 valence electrons. The summed E-state index contributed by atoms with van der Waals surface area (Å²) >= 11 is 0. The largest absolute Gasteiger partial charge is 0.354 e. The van der Waals surface area contributed by atoms with E-state index in [1.807, 2.05) is 0 Å². The van der Waals surface area contributed by atoms with Crippen molar-refractivity contribution in [1.29, 1.82) is 0 Å². The van der Waals surface area contributed by atoms with Gasteiger partial charge in [0, 0.05) is 11.3 Å². The van der Waals surface area contributed by atoms with E-state index in [-0.39, 0.29) is 11.7 Å². The normalized spacial score (nSPS) is 10.2. The SMILES string of the molecule is O=C(Nc1ccc(Nc2ccc(F)cc2)cn1)c1ccc(F)cc1. The molecule has 1 amide bonds.